The molecule has 0 atom stereocenters. The predicted molar refractivity (Wildman–Crippen MR) is 79.0 cm³/mol. The van der Waals surface area contributed by atoms with Crippen molar-refractivity contribution in [2.45, 2.75) is 32.6 Å². The van der Waals surface area contributed by atoms with Crippen LogP contribution in [0.1, 0.15) is 27.8 Å². The van der Waals surface area contributed by atoms with Crippen molar-refractivity contribution in [2.24, 2.45) is 0 Å². The van der Waals surface area contributed by atoms with Crippen molar-refractivity contribution >= 4 is 0 Å². The summed E-state index contributed by atoms with van der Waals surface area (Å²) in [6.07, 6.45) is 4.29. The van der Waals surface area contributed by atoms with Crippen LogP contribution in [0.25, 0.3) is 0 Å². The van der Waals surface area contributed by atoms with Crippen LogP contribution in [0.2, 0.25) is 0 Å². The highest BCUT2D eigenvalue weighted by Crippen LogP contribution is 2.28. The SMILES string of the molecule is COc1c2cccc1CCc1cc(C)cc(c1)CC2. The maximum atomic E-state index is 5.64. The standard InChI is InChI=1S/C18H20O/c1-13-10-14-6-8-16-4-3-5-17(18(16)19-2)9-7-15(11-13)12-14/h3-5,10-12H,6-9H2,1-2H3. The number of aryl methyl sites for hydroxylation is 5. The fraction of sp³-hybridized carbons (Fsp3) is 0.333. The van der Waals surface area contributed by atoms with Gasteiger partial charge in [0.15, 0.2) is 0 Å². The normalized spacial score (nSPS) is 14.0. The first kappa shape index (κ1) is 12.3. The highest BCUT2D eigenvalue weighted by Gasteiger charge is 2.12. The maximum Gasteiger partial charge on any atom is 0.125 e. The Labute approximate surface area is 115 Å². The number of hydrogen-bond acceptors (Lipinski definition) is 1. The van der Waals surface area contributed by atoms with Crippen LogP contribution in [0.5, 0.6) is 5.75 Å². The lowest BCUT2D eigenvalue weighted by Crippen LogP contribution is -2.04. The molecule has 0 saturated carbocycles. The van der Waals surface area contributed by atoms with Crippen molar-refractivity contribution in [3.05, 3.63) is 64.2 Å². The van der Waals surface area contributed by atoms with Crippen LogP contribution in [-0.4, -0.2) is 7.11 Å². The molecular weight excluding hydrogens is 232 g/mol. The summed E-state index contributed by atoms with van der Waals surface area (Å²) in [6, 6.07) is 13.5. The van der Waals surface area contributed by atoms with Crippen LogP contribution in [0.15, 0.2) is 36.4 Å². The summed E-state index contributed by atoms with van der Waals surface area (Å²) in [5, 5.41) is 0. The van der Waals surface area contributed by atoms with Crippen molar-refractivity contribution in [1.29, 1.82) is 0 Å². The van der Waals surface area contributed by atoms with Crippen LogP contribution < -0.4 is 4.74 Å². The minimum atomic E-state index is 1.06. The first-order chi connectivity index (χ1) is 9.26. The monoisotopic (exact) mass is 252 g/mol. The van der Waals surface area contributed by atoms with Crippen LogP contribution in [0.3, 0.4) is 0 Å². The second-order valence-electron chi connectivity index (χ2n) is 5.44. The van der Waals surface area contributed by atoms with Gasteiger partial charge >= 0.3 is 0 Å². The fourth-order valence-corrected chi connectivity index (χ4v) is 3.09. The predicted octanol–water partition coefficient (Wildman–Crippen LogP) is 3.89. The molecule has 3 rings (SSSR count). The number of hydrogen-bond donors (Lipinski definition) is 0. The first-order valence-electron chi connectivity index (χ1n) is 7.00. The van der Waals surface area contributed by atoms with Crippen molar-refractivity contribution in [3.63, 3.8) is 0 Å². The van der Waals surface area contributed by atoms with Gasteiger partial charge in [0, 0.05) is 0 Å². The number of rotatable bonds is 1. The molecule has 0 amide bonds. The smallest absolute Gasteiger partial charge is 0.125 e. The van der Waals surface area contributed by atoms with Gasteiger partial charge in [-0.2, -0.15) is 0 Å². The summed E-state index contributed by atoms with van der Waals surface area (Å²) in [5.74, 6) is 1.10. The Bertz CT molecular complexity index is 554. The summed E-state index contributed by atoms with van der Waals surface area (Å²) in [5.41, 5.74) is 6.95. The Morgan fingerprint density at radius 2 is 1.42 bits per heavy atom. The van der Waals surface area contributed by atoms with Gasteiger partial charge in [-0.3, -0.25) is 0 Å². The van der Waals surface area contributed by atoms with E-state index in [0.717, 1.165) is 31.4 Å². The molecule has 19 heavy (non-hydrogen) atoms. The van der Waals surface area contributed by atoms with E-state index in [4.69, 9.17) is 4.74 Å². The topological polar surface area (TPSA) is 9.23 Å². The van der Waals surface area contributed by atoms with E-state index in [9.17, 15) is 0 Å². The third kappa shape index (κ3) is 2.51. The zero-order chi connectivity index (χ0) is 13.2. The molecule has 0 fully saturated rings. The fourth-order valence-electron chi connectivity index (χ4n) is 3.09. The van der Waals surface area contributed by atoms with E-state index in [2.05, 4.69) is 43.3 Å². The van der Waals surface area contributed by atoms with Gasteiger partial charge in [-0.1, -0.05) is 42.0 Å². The molecule has 1 nitrogen and oxygen atoms in total. The lowest BCUT2D eigenvalue weighted by Gasteiger charge is -2.16. The molecule has 2 aromatic carbocycles. The second-order valence-corrected chi connectivity index (χ2v) is 5.44. The van der Waals surface area contributed by atoms with Crippen molar-refractivity contribution in [3.8, 4) is 5.75 Å². The Hall–Kier alpha value is -1.76. The average Bonchev–Trinajstić information content (AvgIpc) is 2.41. The van der Waals surface area contributed by atoms with E-state index in [-0.39, 0.29) is 0 Å². The Morgan fingerprint density at radius 3 is 1.95 bits per heavy atom. The first-order valence-corrected chi connectivity index (χ1v) is 7.00. The molecule has 0 saturated heterocycles. The van der Waals surface area contributed by atoms with Gasteiger partial charge in [-0.15, -0.1) is 0 Å². The van der Waals surface area contributed by atoms with E-state index in [1.165, 1.54) is 27.8 Å². The average molecular weight is 252 g/mol. The number of fused-ring (bicyclic) bond motifs is 4. The quantitative estimate of drug-likeness (QED) is 0.748. The van der Waals surface area contributed by atoms with E-state index in [1.54, 1.807) is 7.11 Å². The van der Waals surface area contributed by atoms with E-state index in [1.807, 2.05) is 0 Å². The molecule has 1 aliphatic carbocycles. The summed E-state index contributed by atoms with van der Waals surface area (Å²) < 4.78 is 5.64. The molecule has 0 N–H and O–H groups in total. The van der Waals surface area contributed by atoms with Crippen molar-refractivity contribution in [1.82, 2.24) is 0 Å². The Balaban J connectivity index is 2.04. The highest BCUT2D eigenvalue weighted by atomic mass is 16.5. The molecule has 0 spiro atoms. The molecule has 0 unspecified atom stereocenters. The van der Waals surface area contributed by atoms with Gasteiger partial charge in [0.1, 0.15) is 5.75 Å². The van der Waals surface area contributed by atoms with Gasteiger partial charge < -0.3 is 4.74 Å². The summed E-state index contributed by atoms with van der Waals surface area (Å²) >= 11 is 0. The summed E-state index contributed by atoms with van der Waals surface area (Å²) in [6.45, 7) is 2.19. The van der Waals surface area contributed by atoms with Crippen molar-refractivity contribution < 1.29 is 4.74 Å². The van der Waals surface area contributed by atoms with Gasteiger partial charge in [0.05, 0.1) is 7.11 Å². The number of methoxy groups -OCH3 is 1. The second kappa shape index (κ2) is 5.08. The highest BCUT2D eigenvalue weighted by molar-refractivity contribution is 5.43. The molecule has 0 radical (unpaired) electrons. The van der Waals surface area contributed by atoms with Gasteiger partial charge in [0.2, 0.25) is 0 Å². The Kier molecular flexibility index (Phi) is 3.29. The number of ether oxygens (including phenoxy) is 1. The molecule has 4 bridgehead atoms. The molecule has 0 heterocycles. The minimum absolute atomic E-state index is 1.06. The lowest BCUT2D eigenvalue weighted by atomic mass is 9.93. The van der Waals surface area contributed by atoms with Gasteiger partial charge in [-0.25, -0.2) is 0 Å². The molecule has 1 heteroatoms. The molecule has 98 valence electrons. The van der Waals surface area contributed by atoms with Gasteiger partial charge in [-0.05, 0) is 54.9 Å². The zero-order valence-electron chi connectivity index (χ0n) is 11.7. The molecule has 0 aliphatic heterocycles. The van der Waals surface area contributed by atoms with E-state index >= 15 is 0 Å². The van der Waals surface area contributed by atoms with Crippen LogP contribution >= 0.6 is 0 Å². The zero-order valence-corrected chi connectivity index (χ0v) is 11.7. The third-order valence-electron chi connectivity index (χ3n) is 3.95. The molecular formula is C18H20O. The minimum Gasteiger partial charge on any atom is -0.496 e. The van der Waals surface area contributed by atoms with E-state index < -0.39 is 0 Å². The Morgan fingerprint density at radius 1 is 0.842 bits per heavy atom. The third-order valence-corrected chi connectivity index (χ3v) is 3.95. The van der Waals surface area contributed by atoms with E-state index in [0.29, 0.717) is 0 Å². The lowest BCUT2D eigenvalue weighted by molar-refractivity contribution is 0.404. The number of para-hydroxylation sites is 1. The summed E-state index contributed by atoms with van der Waals surface area (Å²) in [4.78, 5) is 0. The van der Waals surface area contributed by atoms with Crippen LogP contribution in [-0.2, 0) is 25.7 Å². The van der Waals surface area contributed by atoms with Crippen LogP contribution in [0.4, 0.5) is 0 Å². The van der Waals surface area contributed by atoms with Crippen molar-refractivity contribution in [2.75, 3.05) is 7.11 Å². The number of benzene rings is 2. The molecule has 0 aromatic heterocycles. The van der Waals surface area contributed by atoms with Crippen LogP contribution in [0, 0.1) is 6.92 Å². The van der Waals surface area contributed by atoms with Gasteiger partial charge in [0.25, 0.3) is 0 Å². The molecule has 2 aromatic rings. The maximum absolute atomic E-state index is 5.64. The largest absolute Gasteiger partial charge is 0.496 e. The molecule has 1 aliphatic rings. The summed E-state index contributed by atoms with van der Waals surface area (Å²) in [7, 11) is 1.79.